The molecule has 0 amide bonds. The van der Waals surface area contributed by atoms with Crippen LogP contribution in [0.3, 0.4) is 0 Å². The van der Waals surface area contributed by atoms with Crippen molar-refractivity contribution in [3.8, 4) is 0 Å². The van der Waals surface area contributed by atoms with Crippen LogP contribution in [0.2, 0.25) is 0 Å². The Hall–Kier alpha value is -1.28. The van der Waals surface area contributed by atoms with Crippen molar-refractivity contribution < 1.29 is 4.74 Å². The van der Waals surface area contributed by atoms with Gasteiger partial charge in [-0.25, -0.2) is 9.97 Å². The second-order valence-electron chi connectivity index (χ2n) is 8.69. The molecule has 2 aliphatic heterocycles. The lowest BCUT2D eigenvalue weighted by Gasteiger charge is -2.26. The first-order valence-electron chi connectivity index (χ1n) is 10.7. The first-order chi connectivity index (χ1) is 13.6. The number of hydrogen-bond acceptors (Lipinski definition) is 7. The largest absolute Gasteiger partial charge is 0.379 e. The van der Waals surface area contributed by atoms with Crippen LogP contribution >= 0.6 is 11.3 Å². The molecule has 2 unspecified atom stereocenters. The van der Waals surface area contributed by atoms with Crippen LogP contribution in [0, 0.1) is 13.8 Å². The van der Waals surface area contributed by atoms with E-state index in [1.807, 2.05) is 0 Å². The molecule has 3 fully saturated rings. The van der Waals surface area contributed by atoms with E-state index in [0.717, 1.165) is 61.9 Å². The molecule has 0 radical (unpaired) electrons. The Morgan fingerprint density at radius 1 is 1.18 bits per heavy atom. The van der Waals surface area contributed by atoms with E-state index in [9.17, 15) is 0 Å². The molecule has 3 aliphatic rings. The van der Waals surface area contributed by atoms with Gasteiger partial charge in [0.15, 0.2) is 0 Å². The van der Waals surface area contributed by atoms with Crippen LogP contribution in [0.15, 0.2) is 0 Å². The average molecular weight is 402 g/mol. The number of fused-ring (bicyclic) bond motifs is 1. The summed E-state index contributed by atoms with van der Waals surface area (Å²) in [5.41, 5.74) is 1.32. The second-order valence-corrected chi connectivity index (χ2v) is 9.90. The molecule has 4 heterocycles. The molecular formula is C21H31N5OS. The third kappa shape index (κ3) is 3.65. The van der Waals surface area contributed by atoms with E-state index < -0.39 is 0 Å². The number of aromatic nitrogens is 2. The number of nitrogens with zero attached hydrogens (tertiary/aromatic N) is 4. The van der Waals surface area contributed by atoms with E-state index in [-0.39, 0.29) is 0 Å². The zero-order chi connectivity index (χ0) is 19.3. The van der Waals surface area contributed by atoms with Gasteiger partial charge in [-0.1, -0.05) is 0 Å². The van der Waals surface area contributed by atoms with Crippen molar-refractivity contribution in [2.75, 3.05) is 38.2 Å². The number of morpholine rings is 1. The van der Waals surface area contributed by atoms with Gasteiger partial charge in [-0.15, -0.1) is 11.3 Å². The third-order valence-corrected chi connectivity index (χ3v) is 7.62. The topological polar surface area (TPSA) is 53.5 Å². The minimum absolute atomic E-state index is 0.476. The molecule has 2 atom stereocenters. The Kier molecular flexibility index (Phi) is 5.03. The highest BCUT2D eigenvalue weighted by molar-refractivity contribution is 7.18. The van der Waals surface area contributed by atoms with Gasteiger partial charge < -0.3 is 10.1 Å². The molecule has 1 saturated carbocycles. The van der Waals surface area contributed by atoms with Crippen LogP contribution in [-0.4, -0.2) is 70.7 Å². The number of hydrogen-bond donors (Lipinski definition) is 1. The number of anilines is 1. The molecule has 152 valence electrons. The highest BCUT2D eigenvalue weighted by Gasteiger charge is 2.39. The van der Waals surface area contributed by atoms with Gasteiger partial charge in [-0.2, -0.15) is 0 Å². The number of ether oxygens (including phenoxy) is 1. The summed E-state index contributed by atoms with van der Waals surface area (Å²) in [7, 11) is 0. The van der Waals surface area contributed by atoms with E-state index in [0.29, 0.717) is 12.1 Å². The molecule has 5 rings (SSSR count). The van der Waals surface area contributed by atoms with E-state index in [4.69, 9.17) is 14.7 Å². The molecule has 0 spiro atoms. The lowest BCUT2D eigenvalue weighted by Crippen LogP contribution is -2.36. The number of rotatable bonds is 5. The summed E-state index contributed by atoms with van der Waals surface area (Å²) in [6.07, 6.45) is 3.95. The van der Waals surface area contributed by atoms with Crippen LogP contribution in [0.25, 0.3) is 10.2 Å². The van der Waals surface area contributed by atoms with E-state index >= 15 is 0 Å². The van der Waals surface area contributed by atoms with Crippen LogP contribution in [0.4, 0.5) is 5.82 Å². The first kappa shape index (κ1) is 18.7. The maximum Gasteiger partial charge on any atom is 0.146 e. The third-order valence-electron chi connectivity index (χ3n) is 6.52. The summed E-state index contributed by atoms with van der Waals surface area (Å²) < 4.78 is 5.49. The van der Waals surface area contributed by atoms with E-state index in [2.05, 4.69) is 35.9 Å². The zero-order valence-electron chi connectivity index (χ0n) is 17.2. The van der Waals surface area contributed by atoms with Gasteiger partial charge in [-0.3, -0.25) is 9.80 Å². The summed E-state index contributed by atoms with van der Waals surface area (Å²) >= 11 is 1.80. The van der Waals surface area contributed by atoms with Crippen LogP contribution < -0.4 is 5.32 Å². The van der Waals surface area contributed by atoms with Crippen molar-refractivity contribution in [1.29, 1.82) is 0 Å². The lowest BCUT2D eigenvalue weighted by molar-refractivity contribution is 0.0331. The highest BCUT2D eigenvalue weighted by Crippen LogP contribution is 2.37. The van der Waals surface area contributed by atoms with Crippen molar-refractivity contribution in [3.63, 3.8) is 0 Å². The fourth-order valence-corrected chi connectivity index (χ4v) is 5.75. The highest BCUT2D eigenvalue weighted by atomic mass is 32.1. The molecule has 7 heteroatoms. The summed E-state index contributed by atoms with van der Waals surface area (Å²) in [5.74, 6) is 1.98. The Balaban J connectivity index is 1.42. The zero-order valence-corrected chi connectivity index (χ0v) is 18.0. The lowest BCUT2D eigenvalue weighted by atomic mass is 10.1. The smallest absolute Gasteiger partial charge is 0.146 e. The van der Waals surface area contributed by atoms with Crippen molar-refractivity contribution in [2.24, 2.45) is 0 Å². The van der Waals surface area contributed by atoms with E-state index in [1.165, 1.54) is 35.1 Å². The van der Waals surface area contributed by atoms with Crippen LogP contribution in [0.5, 0.6) is 0 Å². The first-order valence-corrected chi connectivity index (χ1v) is 11.5. The Labute approximate surface area is 171 Å². The van der Waals surface area contributed by atoms with Crippen molar-refractivity contribution in [3.05, 3.63) is 16.3 Å². The molecule has 28 heavy (non-hydrogen) atoms. The fourth-order valence-electron chi connectivity index (χ4n) is 4.70. The van der Waals surface area contributed by atoms with Gasteiger partial charge in [0.1, 0.15) is 16.5 Å². The molecule has 0 aromatic carbocycles. The predicted octanol–water partition coefficient (Wildman–Crippen LogP) is 3.18. The maximum absolute atomic E-state index is 5.49. The van der Waals surface area contributed by atoms with Gasteiger partial charge in [-0.05, 0) is 45.6 Å². The van der Waals surface area contributed by atoms with Gasteiger partial charge in [0.25, 0.3) is 0 Å². The van der Waals surface area contributed by atoms with Gasteiger partial charge >= 0.3 is 0 Å². The number of thiophene rings is 1. The summed E-state index contributed by atoms with van der Waals surface area (Å²) in [6.45, 7) is 12.3. The summed E-state index contributed by atoms with van der Waals surface area (Å²) in [6, 6.07) is 1.97. The molecular weight excluding hydrogens is 370 g/mol. The SMILES string of the molecule is Cc1sc2nc(CN3CCOCC3)nc(NC3CC(C)N(C4CC4)C3)c2c1C. The summed E-state index contributed by atoms with van der Waals surface area (Å²) in [5, 5.41) is 5.06. The molecule has 2 saturated heterocycles. The average Bonchev–Trinajstić information content (AvgIpc) is 3.39. The van der Waals surface area contributed by atoms with Crippen LogP contribution in [0.1, 0.15) is 42.5 Å². The van der Waals surface area contributed by atoms with Crippen LogP contribution in [-0.2, 0) is 11.3 Å². The maximum atomic E-state index is 5.49. The molecule has 1 N–H and O–H groups in total. The second kappa shape index (κ2) is 7.52. The van der Waals surface area contributed by atoms with Gasteiger partial charge in [0.2, 0.25) is 0 Å². The Morgan fingerprint density at radius 3 is 2.71 bits per heavy atom. The van der Waals surface area contributed by atoms with Crippen molar-refractivity contribution >= 4 is 27.4 Å². The Morgan fingerprint density at radius 2 is 1.96 bits per heavy atom. The molecule has 1 aliphatic carbocycles. The molecule has 2 aromatic rings. The van der Waals surface area contributed by atoms with Gasteiger partial charge in [0, 0.05) is 42.6 Å². The molecule has 2 aromatic heterocycles. The van der Waals surface area contributed by atoms with E-state index in [1.54, 1.807) is 11.3 Å². The summed E-state index contributed by atoms with van der Waals surface area (Å²) in [4.78, 5) is 17.5. The fraction of sp³-hybridized carbons (Fsp3) is 0.714. The minimum Gasteiger partial charge on any atom is -0.379 e. The number of likely N-dealkylation sites (tertiary alicyclic amines) is 1. The monoisotopic (exact) mass is 401 g/mol. The Bertz CT molecular complexity index is 858. The van der Waals surface area contributed by atoms with Crippen molar-refractivity contribution in [1.82, 2.24) is 19.8 Å². The standard InChI is InChI=1S/C21H31N5OS/c1-13-10-16(11-26(13)17-4-5-17)22-20-19-14(2)15(3)28-21(19)24-18(23-20)12-25-6-8-27-9-7-25/h13,16-17H,4-12H2,1-3H3,(H,22,23,24). The van der Waals surface area contributed by atoms with Gasteiger partial charge in [0.05, 0.1) is 25.1 Å². The molecule has 0 bridgehead atoms. The quantitative estimate of drug-likeness (QED) is 0.831. The molecule has 6 nitrogen and oxygen atoms in total. The normalized spacial score (nSPS) is 27.0. The minimum atomic E-state index is 0.476. The number of nitrogens with one attached hydrogen (secondary N) is 1. The van der Waals surface area contributed by atoms with Crippen molar-refractivity contribution in [2.45, 2.75) is 64.7 Å². The number of aryl methyl sites for hydroxylation is 2. The predicted molar refractivity (Wildman–Crippen MR) is 114 cm³/mol.